The van der Waals surface area contributed by atoms with Gasteiger partial charge in [0.2, 0.25) is 11.8 Å². The molecular weight excluding hydrogens is 364 g/mol. The van der Waals surface area contributed by atoms with Crippen LogP contribution in [0.5, 0.6) is 0 Å². The fourth-order valence-corrected chi connectivity index (χ4v) is 3.17. The minimum atomic E-state index is -1.01. The van der Waals surface area contributed by atoms with Gasteiger partial charge in [-0.3, -0.25) is 24.1 Å². The fourth-order valence-electron chi connectivity index (χ4n) is 3.17. The van der Waals surface area contributed by atoms with Crippen molar-refractivity contribution in [2.75, 3.05) is 19.6 Å². The standard InChI is InChI=1S/C19H28N4O5/c1-3-10-20-16(25)13(2)21-15(24)12-23-18(27)17(26)22(19(23)28)11-9-14-7-5-4-6-8-14/h7,13H,3-6,8-12H2,1-2H3,(H,20,25)(H,21,24)/t13-/m0/s1. The molecule has 2 rings (SSSR count). The fraction of sp³-hybridized carbons (Fsp3) is 0.632. The largest absolute Gasteiger partial charge is 0.354 e. The highest BCUT2D eigenvalue weighted by Gasteiger charge is 2.45. The molecule has 6 amide bonds. The van der Waals surface area contributed by atoms with Crippen molar-refractivity contribution < 1.29 is 24.0 Å². The van der Waals surface area contributed by atoms with Crippen LogP contribution >= 0.6 is 0 Å². The van der Waals surface area contributed by atoms with Gasteiger partial charge < -0.3 is 10.6 Å². The maximum atomic E-state index is 12.4. The van der Waals surface area contributed by atoms with Crippen LogP contribution in [0.1, 0.15) is 52.4 Å². The van der Waals surface area contributed by atoms with Crippen LogP contribution in [0, 0.1) is 0 Å². The van der Waals surface area contributed by atoms with Crippen LogP contribution in [-0.4, -0.2) is 65.1 Å². The second-order valence-corrected chi connectivity index (χ2v) is 7.07. The summed E-state index contributed by atoms with van der Waals surface area (Å²) in [7, 11) is 0. The van der Waals surface area contributed by atoms with Crippen LogP contribution in [0.2, 0.25) is 0 Å². The van der Waals surface area contributed by atoms with Gasteiger partial charge in [-0.1, -0.05) is 18.6 Å². The Labute approximate surface area is 164 Å². The molecule has 1 atom stereocenters. The Morgan fingerprint density at radius 3 is 2.50 bits per heavy atom. The first-order chi connectivity index (χ1) is 13.3. The monoisotopic (exact) mass is 392 g/mol. The molecule has 9 nitrogen and oxygen atoms in total. The summed E-state index contributed by atoms with van der Waals surface area (Å²) in [6.07, 6.45) is 7.58. The number of rotatable bonds is 9. The summed E-state index contributed by atoms with van der Waals surface area (Å²) < 4.78 is 0. The lowest BCUT2D eigenvalue weighted by Gasteiger charge is -2.18. The quantitative estimate of drug-likeness (QED) is 0.340. The first-order valence-electron chi connectivity index (χ1n) is 9.77. The first kappa shape index (κ1) is 21.6. The summed E-state index contributed by atoms with van der Waals surface area (Å²) in [6.45, 7) is 3.44. The number of carbonyl (C=O) groups excluding carboxylic acids is 5. The molecular formula is C19H28N4O5. The normalized spacial score (nSPS) is 18.2. The van der Waals surface area contributed by atoms with Crippen molar-refractivity contribution in [1.29, 1.82) is 0 Å². The van der Waals surface area contributed by atoms with E-state index in [0.717, 1.165) is 37.0 Å². The number of allylic oxidation sites excluding steroid dienone is 1. The Balaban J connectivity index is 1.89. The zero-order valence-corrected chi connectivity index (χ0v) is 16.5. The van der Waals surface area contributed by atoms with Gasteiger partial charge in [0.1, 0.15) is 12.6 Å². The highest BCUT2D eigenvalue weighted by atomic mass is 16.2. The Morgan fingerprint density at radius 1 is 1.14 bits per heavy atom. The summed E-state index contributed by atoms with van der Waals surface area (Å²) >= 11 is 0. The number of carbonyl (C=O) groups is 5. The molecule has 154 valence electrons. The van der Waals surface area contributed by atoms with Crippen molar-refractivity contribution in [1.82, 2.24) is 20.4 Å². The summed E-state index contributed by atoms with van der Waals surface area (Å²) in [5.41, 5.74) is 1.18. The maximum Gasteiger partial charge on any atom is 0.334 e. The Kier molecular flexibility index (Phi) is 7.71. The Bertz CT molecular complexity index is 688. The van der Waals surface area contributed by atoms with E-state index < -0.39 is 36.3 Å². The predicted octanol–water partition coefficient (Wildman–Crippen LogP) is 0.699. The SMILES string of the molecule is CCCNC(=O)[C@H](C)NC(=O)CN1C(=O)C(=O)N(CCC2=CCCCC2)C1=O. The number of nitrogens with one attached hydrogen (secondary N) is 2. The highest BCUT2D eigenvalue weighted by molar-refractivity contribution is 6.45. The lowest BCUT2D eigenvalue weighted by Crippen LogP contribution is -2.49. The molecule has 0 aromatic rings. The Morgan fingerprint density at radius 2 is 1.86 bits per heavy atom. The number of imide groups is 2. The number of hydrogen-bond donors (Lipinski definition) is 2. The van der Waals surface area contributed by atoms with Crippen molar-refractivity contribution in [3.05, 3.63) is 11.6 Å². The van der Waals surface area contributed by atoms with E-state index in [4.69, 9.17) is 0 Å². The molecule has 0 spiro atoms. The number of urea groups is 1. The van der Waals surface area contributed by atoms with Gasteiger partial charge in [-0.2, -0.15) is 0 Å². The van der Waals surface area contributed by atoms with E-state index in [1.807, 2.05) is 6.92 Å². The van der Waals surface area contributed by atoms with Gasteiger partial charge in [0, 0.05) is 13.1 Å². The minimum Gasteiger partial charge on any atom is -0.354 e. The Hall–Kier alpha value is -2.71. The molecule has 2 aliphatic rings. The minimum absolute atomic E-state index is 0.128. The van der Waals surface area contributed by atoms with E-state index in [1.165, 1.54) is 12.5 Å². The molecule has 1 fully saturated rings. The smallest absolute Gasteiger partial charge is 0.334 e. The molecule has 1 heterocycles. The van der Waals surface area contributed by atoms with Crippen LogP contribution in [0.3, 0.4) is 0 Å². The zero-order chi connectivity index (χ0) is 20.7. The third kappa shape index (κ3) is 5.40. The summed E-state index contributed by atoms with van der Waals surface area (Å²) in [6, 6.07) is -1.60. The molecule has 28 heavy (non-hydrogen) atoms. The second-order valence-electron chi connectivity index (χ2n) is 7.07. The molecule has 1 aliphatic carbocycles. The maximum absolute atomic E-state index is 12.4. The van der Waals surface area contributed by atoms with Gasteiger partial charge in [-0.15, -0.1) is 0 Å². The number of nitrogens with zero attached hydrogens (tertiary/aromatic N) is 2. The molecule has 0 unspecified atom stereocenters. The molecule has 9 heteroatoms. The van der Waals surface area contributed by atoms with Gasteiger partial charge in [-0.05, 0) is 45.4 Å². The average molecular weight is 392 g/mol. The number of amides is 6. The summed E-state index contributed by atoms with van der Waals surface area (Å²) in [5, 5.41) is 5.08. The predicted molar refractivity (Wildman–Crippen MR) is 101 cm³/mol. The van der Waals surface area contributed by atoms with Crippen molar-refractivity contribution in [3.63, 3.8) is 0 Å². The third-order valence-electron chi connectivity index (χ3n) is 4.80. The lowest BCUT2D eigenvalue weighted by molar-refractivity contribution is -0.144. The second kappa shape index (κ2) is 10.0. The van der Waals surface area contributed by atoms with Crippen molar-refractivity contribution in [2.24, 2.45) is 0 Å². The molecule has 0 radical (unpaired) electrons. The van der Waals surface area contributed by atoms with Gasteiger partial charge in [0.25, 0.3) is 0 Å². The van der Waals surface area contributed by atoms with E-state index in [0.29, 0.717) is 17.9 Å². The molecule has 1 saturated heterocycles. The molecule has 2 N–H and O–H groups in total. The molecule has 0 aromatic carbocycles. The van der Waals surface area contributed by atoms with E-state index >= 15 is 0 Å². The van der Waals surface area contributed by atoms with Crippen molar-refractivity contribution in [2.45, 2.75) is 58.4 Å². The van der Waals surface area contributed by atoms with Gasteiger partial charge >= 0.3 is 17.8 Å². The zero-order valence-electron chi connectivity index (χ0n) is 16.5. The molecule has 1 aliphatic heterocycles. The highest BCUT2D eigenvalue weighted by Crippen LogP contribution is 2.21. The first-order valence-corrected chi connectivity index (χ1v) is 9.77. The van der Waals surface area contributed by atoms with E-state index in [1.54, 1.807) is 0 Å². The third-order valence-corrected chi connectivity index (χ3v) is 4.80. The number of hydrogen-bond acceptors (Lipinski definition) is 5. The lowest BCUT2D eigenvalue weighted by atomic mass is 9.97. The molecule has 0 saturated carbocycles. The van der Waals surface area contributed by atoms with E-state index in [-0.39, 0.29) is 12.5 Å². The van der Waals surface area contributed by atoms with E-state index in [2.05, 4.69) is 16.7 Å². The van der Waals surface area contributed by atoms with Crippen molar-refractivity contribution >= 4 is 29.7 Å². The van der Waals surface area contributed by atoms with Crippen LogP contribution < -0.4 is 10.6 Å². The molecule has 0 bridgehead atoms. The van der Waals surface area contributed by atoms with Crippen LogP contribution in [-0.2, 0) is 19.2 Å². The van der Waals surface area contributed by atoms with Gasteiger partial charge in [0.05, 0.1) is 0 Å². The van der Waals surface area contributed by atoms with Gasteiger partial charge in [0.15, 0.2) is 0 Å². The van der Waals surface area contributed by atoms with Crippen LogP contribution in [0.4, 0.5) is 4.79 Å². The summed E-state index contributed by atoms with van der Waals surface area (Å²) in [4.78, 5) is 62.1. The van der Waals surface area contributed by atoms with E-state index in [9.17, 15) is 24.0 Å². The topological polar surface area (TPSA) is 116 Å². The van der Waals surface area contributed by atoms with Crippen LogP contribution in [0.25, 0.3) is 0 Å². The molecule has 0 aromatic heterocycles. The van der Waals surface area contributed by atoms with Crippen molar-refractivity contribution in [3.8, 4) is 0 Å². The van der Waals surface area contributed by atoms with Gasteiger partial charge in [-0.25, -0.2) is 9.69 Å². The van der Waals surface area contributed by atoms with Crippen LogP contribution in [0.15, 0.2) is 11.6 Å². The summed E-state index contributed by atoms with van der Waals surface area (Å²) in [5.74, 6) is -2.96. The average Bonchev–Trinajstić information content (AvgIpc) is 2.88.